The van der Waals surface area contributed by atoms with Crippen molar-refractivity contribution in [1.29, 1.82) is 0 Å². The molecule has 11 heteroatoms. The zero-order valence-electron chi connectivity index (χ0n) is 18.0. The number of sulfonamides is 1. The SMILES string of the molecule is CCOc1ccc(S(=O)(=O)N2CC[NH+]([C@@H]3CC(=O)N(c4ccc(F)c(Cl)c4)C3=O)CC2)cc1. The van der Waals surface area contributed by atoms with E-state index in [1.54, 1.807) is 12.1 Å². The highest BCUT2D eigenvalue weighted by atomic mass is 35.5. The van der Waals surface area contributed by atoms with Gasteiger partial charge in [0.2, 0.25) is 15.9 Å². The van der Waals surface area contributed by atoms with Gasteiger partial charge in [0.25, 0.3) is 5.91 Å². The number of carbonyl (C=O) groups excluding carboxylic acids is 2. The quantitative estimate of drug-likeness (QED) is 0.605. The van der Waals surface area contributed by atoms with Crippen molar-refractivity contribution in [2.75, 3.05) is 37.7 Å². The van der Waals surface area contributed by atoms with Crippen molar-refractivity contribution in [2.24, 2.45) is 0 Å². The lowest BCUT2D eigenvalue weighted by Gasteiger charge is -2.33. The van der Waals surface area contributed by atoms with E-state index in [-0.39, 0.29) is 46.9 Å². The highest BCUT2D eigenvalue weighted by Crippen LogP contribution is 2.27. The molecule has 2 aliphatic heterocycles. The van der Waals surface area contributed by atoms with E-state index in [1.807, 2.05) is 6.92 Å². The molecule has 2 aromatic carbocycles. The predicted molar refractivity (Wildman–Crippen MR) is 119 cm³/mol. The van der Waals surface area contributed by atoms with Crippen LogP contribution in [-0.4, -0.2) is 63.4 Å². The van der Waals surface area contributed by atoms with Crippen LogP contribution in [0, 0.1) is 5.82 Å². The maximum absolute atomic E-state index is 13.5. The van der Waals surface area contributed by atoms with Crippen LogP contribution in [0.5, 0.6) is 5.75 Å². The van der Waals surface area contributed by atoms with E-state index < -0.39 is 21.9 Å². The van der Waals surface area contributed by atoms with Gasteiger partial charge in [0.05, 0.1) is 54.8 Å². The number of ether oxygens (including phenoxy) is 1. The number of piperazine rings is 1. The van der Waals surface area contributed by atoms with E-state index in [9.17, 15) is 22.4 Å². The summed E-state index contributed by atoms with van der Waals surface area (Å²) in [4.78, 5) is 27.6. The molecule has 2 fully saturated rings. The summed E-state index contributed by atoms with van der Waals surface area (Å²) in [6.07, 6.45) is 0.00873. The Morgan fingerprint density at radius 1 is 1.12 bits per heavy atom. The molecule has 0 bridgehead atoms. The summed E-state index contributed by atoms with van der Waals surface area (Å²) in [5, 5.41) is -0.169. The number of anilines is 1. The summed E-state index contributed by atoms with van der Waals surface area (Å²) in [5.74, 6) is -0.807. The summed E-state index contributed by atoms with van der Waals surface area (Å²) in [7, 11) is -3.68. The zero-order chi connectivity index (χ0) is 23.8. The summed E-state index contributed by atoms with van der Waals surface area (Å²) in [6.45, 7) is 3.57. The molecule has 1 atom stereocenters. The fourth-order valence-electron chi connectivity index (χ4n) is 4.23. The molecular weight excluding hydrogens is 473 g/mol. The van der Waals surface area contributed by atoms with Crippen molar-refractivity contribution in [3.63, 3.8) is 0 Å². The second-order valence-electron chi connectivity index (χ2n) is 7.89. The molecule has 1 N–H and O–H groups in total. The molecule has 2 saturated heterocycles. The van der Waals surface area contributed by atoms with Gasteiger partial charge < -0.3 is 9.64 Å². The fraction of sp³-hybridized carbons (Fsp3) is 0.364. The van der Waals surface area contributed by atoms with Crippen LogP contribution in [0.25, 0.3) is 0 Å². The van der Waals surface area contributed by atoms with Gasteiger partial charge in [-0.15, -0.1) is 0 Å². The van der Waals surface area contributed by atoms with Crippen LogP contribution in [0.2, 0.25) is 5.02 Å². The van der Waals surface area contributed by atoms with Crippen molar-refractivity contribution in [1.82, 2.24) is 4.31 Å². The van der Waals surface area contributed by atoms with Crippen molar-refractivity contribution < 1.29 is 32.0 Å². The maximum Gasteiger partial charge on any atom is 0.292 e. The third-order valence-corrected chi connectivity index (χ3v) is 8.14. The lowest BCUT2D eigenvalue weighted by atomic mass is 10.2. The number of carbonyl (C=O) groups is 2. The molecular formula is C22H24ClFN3O5S+. The van der Waals surface area contributed by atoms with E-state index in [0.29, 0.717) is 25.4 Å². The summed E-state index contributed by atoms with van der Waals surface area (Å²) in [6, 6.07) is 9.38. The molecule has 2 aliphatic rings. The number of amides is 2. The number of nitrogens with one attached hydrogen (secondary N) is 1. The van der Waals surface area contributed by atoms with Crippen LogP contribution in [-0.2, 0) is 19.6 Å². The predicted octanol–water partition coefficient (Wildman–Crippen LogP) is 1.10. The number of hydrogen-bond acceptors (Lipinski definition) is 5. The normalized spacial score (nSPS) is 20.5. The minimum Gasteiger partial charge on any atom is -0.494 e. The minimum absolute atomic E-state index is 0.00873. The van der Waals surface area contributed by atoms with Gasteiger partial charge in [-0.25, -0.2) is 17.7 Å². The first-order valence-electron chi connectivity index (χ1n) is 10.6. The van der Waals surface area contributed by atoms with Gasteiger partial charge >= 0.3 is 0 Å². The fourth-order valence-corrected chi connectivity index (χ4v) is 5.85. The Morgan fingerprint density at radius 2 is 1.79 bits per heavy atom. The number of halogens is 2. The van der Waals surface area contributed by atoms with E-state index in [2.05, 4.69) is 0 Å². The number of rotatable bonds is 6. The highest BCUT2D eigenvalue weighted by molar-refractivity contribution is 7.89. The maximum atomic E-state index is 13.5. The smallest absolute Gasteiger partial charge is 0.292 e. The first-order chi connectivity index (χ1) is 15.7. The summed E-state index contributed by atoms with van der Waals surface area (Å²) in [5.41, 5.74) is 0.231. The Morgan fingerprint density at radius 3 is 2.39 bits per heavy atom. The average Bonchev–Trinajstić information content (AvgIpc) is 3.10. The van der Waals surface area contributed by atoms with Gasteiger partial charge in [0.15, 0.2) is 6.04 Å². The summed E-state index contributed by atoms with van der Waals surface area (Å²) < 4.78 is 46.2. The number of quaternary nitrogens is 1. The van der Waals surface area contributed by atoms with E-state index in [4.69, 9.17) is 16.3 Å². The molecule has 8 nitrogen and oxygen atoms in total. The Bertz CT molecular complexity index is 1170. The van der Waals surface area contributed by atoms with E-state index in [1.165, 1.54) is 28.6 Å². The first-order valence-corrected chi connectivity index (χ1v) is 12.4. The van der Waals surface area contributed by atoms with Crippen LogP contribution < -0.4 is 14.5 Å². The third-order valence-electron chi connectivity index (χ3n) is 5.94. The molecule has 0 unspecified atom stereocenters. The zero-order valence-corrected chi connectivity index (χ0v) is 19.5. The van der Waals surface area contributed by atoms with Crippen LogP contribution in [0.3, 0.4) is 0 Å². The Labute approximate surface area is 196 Å². The lowest BCUT2D eigenvalue weighted by Crippen LogP contribution is -3.19. The van der Waals surface area contributed by atoms with Gasteiger partial charge in [-0.3, -0.25) is 9.59 Å². The van der Waals surface area contributed by atoms with Crippen LogP contribution in [0.4, 0.5) is 10.1 Å². The van der Waals surface area contributed by atoms with Crippen LogP contribution >= 0.6 is 11.6 Å². The van der Waals surface area contributed by atoms with Crippen molar-refractivity contribution in [2.45, 2.75) is 24.3 Å². The van der Waals surface area contributed by atoms with Crippen LogP contribution in [0.15, 0.2) is 47.4 Å². The number of hydrogen-bond donors (Lipinski definition) is 1. The van der Waals surface area contributed by atoms with E-state index >= 15 is 0 Å². The number of imide groups is 1. The van der Waals surface area contributed by atoms with Crippen LogP contribution in [0.1, 0.15) is 13.3 Å². The Hall–Kier alpha value is -2.53. The second kappa shape index (κ2) is 9.38. The summed E-state index contributed by atoms with van der Waals surface area (Å²) >= 11 is 5.81. The van der Waals surface area contributed by atoms with Gasteiger partial charge in [0.1, 0.15) is 11.6 Å². The number of nitrogens with zero attached hydrogens (tertiary/aromatic N) is 2. The molecule has 2 aromatic rings. The van der Waals surface area contributed by atoms with Gasteiger partial charge in [-0.1, -0.05) is 11.6 Å². The Balaban J connectivity index is 1.42. The molecule has 0 saturated carbocycles. The van der Waals surface area contributed by atoms with E-state index in [0.717, 1.165) is 15.9 Å². The average molecular weight is 497 g/mol. The standard InChI is InChI=1S/C22H23ClFN3O5S/c1-2-32-16-4-6-17(7-5-16)33(30,31)26-11-9-25(10-12-26)20-14-21(28)27(22(20)29)15-3-8-19(24)18(23)13-15/h3-8,13,20H,2,9-12,14H2,1H3/p+1/t20-/m1/s1. The second-order valence-corrected chi connectivity index (χ2v) is 10.2. The molecule has 2 amide bonds. The van der Waals surface area contributed by atoms with Gasteiger partial charge in [-0.05, 0) is 49.4 Å². The van der Waals surface area contributed by atoms with Gasteiger partial charge in [0, 0.05) is 0 Å². The van der Waals surface area contributed by atoms with Crippen molar-refractivity contribution in [3.8, 4) is 5.75 Å². The third kappa shape index (κ3) is 4.61. The molecule has 4 rings (SSSR count). The monoisotopic (exact) mass is 496 g/mol. The Kier molecular flexibility index (Phi) is 6.71. The number of benzene rings is 2. The molecule has 0 spiro atoms. The van der Waals surface area contributed by atoms with Crippen molar-refractivity contribution in [3.05, 3.63) is 53.3 Å². The lowest BCUT2D eigenvalue weighted by molar-refractivity contribution is -0.918. The molecule has 33 heavy (non-hydrogen) atoms. The topological polar surface area (TPSA) is 88.4 Å². The minimum atomic E-state index is -3.68. The molecule has 176 valence electrons. The molecule has 0 aromatic heterocycles. The molecule has 0 aliphatic carbocycles. The molecule has 0 radical (unpaired) electrons. The molecule has 2 heterocycles. The highest BCUT2D eigenvalue weighted by Gasteiger charge is 2.47. The van der Waals surface area contributed by atoms with Crippen molar-refractivity contribution >= 4 is 39.1 Å². The first kappa shape index (κ1) is 23.6. The largest absolute Gasteiger partial charge is 0.494 e. The van der Waals surface area contributed by atoms with Gasteiger partial charge in [-0.2, -0.15) is 4.31 Å².